The van der Waals surface area contributed by atoms with Crippen molar-refractivity contribution in [2.45, 2.75) is 51.0 Å². The molecule has 1 saturated carbocycles. The maximum absolute atomic E-state index is 12.4. The summed E-state index contributed by atoms with van der Waals surface area (Å²) < 4.78 is 0. The fraction of sp³-hybridized carbons (Fsp3) is 0.929. The van der Waals surface area contributed by atoms with Crippen molar-refractivity contribution >= 4 is 5.91 Å². The molecule has 2 heterocycles. The predicted octanol–water partition coefficient (Wildman–Crippen LogP) is 1.78. The molecule has 3 nitrogen and oxygen atoms in total. The van der Waals surface area contributed by atoms with Crippen molar-refractivity contribution in [1.82, 2.24) is 10.2 Å². The fourth-order valence-electron chi connectivity index (χ4n) is 3.65. The third kappa shape index (κ3) is 2.22. The van der Waals surface area contributed by atoms with Crippen LogP contribution in [0.25, 0.3) is 0 Å². The summed E-state index contributed by atoms with van der Waals surface area (Å²) in [5.74, 6) is 1.58. The van der Waals surface area contributed by atoms with E-state index in [1.807, 2.05) is 0 Å². The number of nitrogens with zero attached hydrogens (tertiary/aromatic N) is 1. The molecule has 0 aromatic rings. The lowest BCUT2D eigenvalue weighted by Gasteiger charge is -2.37. The zero-order chi connectivity index (χ0) is 11.7. The minimum atomic E-state index is 0.382. The number of likely N-dealkylation sites (tertiary alicyclic amines) is 1. The second-order valence-corrected chi connectivity index (χ2v) is 5.98. The normalized spacial score (nSPS) is 34.7. The molecule has 2 saturated heterocycles. The summed E-state index contributed by atoms with van der Waals surface area (Å²) in [6.07, 6.45) is 8.61. The van der Waals surface area contributed by atoms with Crippen molar-refractivity contribution in [3.63, 3.8) is 0 Å². The van der Waals surface area contributed by atoms with E-state index in [1.54, 1.807) is 0 Å². The standard InChI is InChI=1S/C14H24N2O/c17-14(11-4-1-5-11)16-9-3-7-13(16)12-6-2-8-15-10-12/h11-13,15H,1-10H2. The van der Waals surface area contributed by atoms with Crippen molar-refractivity contribution in [2.24, 2.45) is 11.8 Å². The Bertz CT molecular complexity index is 282. The third-order valence-corrected chi connectivity index (χ3v) is 4.92. The van der Waals surface area contributed by atoms with Gasteiger partial charge in [-0.1, -0.05) is 6.42 Å². The molecule has 1 amide bonds. The Kier molecular flexibility index (Phi) is 3.37. The quantitative estimate of drug-likeness (QED) is 0.792. The minimum Gasteiger partial charge on any atom is -0.339 e. The highest BCUT2D eigenvalue weighted by molar-refractivity contribution is 5.80. The van der Waals surface area contributed by atoms with E-state index in [-0.39, 0.29) is 0 Å². The topological polar surface area (TPSA) is 32.3 Å². The van der Waals surface area contributed by atoms with Crippen LogP contribution in [0.5, 0.6) is 0 Å². The molecule has 0 aromatic heterocycles. The Labute approximate surface area is 104 Å². The van der Waals surface area contributed by atoms with Crippen LogP contribution in [-0.4, -0.2) is 36.5 Å². The monoisotopic (exact) mass is 236 g/mol. The van der Waals surface area contributed by atoms with Crippen LogP contribution in [0.2, 0.25) is 0 Å². The lowest BCUT2D eigenvalue weighted by Crippen LogP contribution is -2.48. The van der Waals surface area contributed by atoms with Crippen LogP contribution < -0.4 is 5.32 Å². The summed E-state index contributed by atoms with van der Waals surface area (Å²) in [7, 11) is 0. The van der Waals surface area contributed by atoms with E-state index >= 15 is 0 Å². The van der Waals surface area contributed by atoms with Gasteiger partial charge in [0, 0.05) is 18.5 Å². The molecular formula is C14H24N2O. The first-order valence-electron chi connectivity index (χ1n) is 7.37. The van der Waals surface area contributed by atoms with Gasteiger partial charge in [0.2, 0.25) is 5.91 Å². The molecule has 3 fully saturated rings. The number of carbonyl (C=O) groups excluding carboxylic acids is 1. The summed E-state index contributed by atoms with van der Waals surface area (Å²) in [5.41, 5.74) is 0. The van der Waals surface area contributed by atoms with E-state index in [9.17, 15) is 4.79 Å². The SMILES string of the molecule is O=C(C1CCC1)N1CCCC1C1CCCNC1. The number of piperidine rings is 1. The van der Waals surface area contributed by atoms with Gasteiger partial charge in [0.05, 0.1) is 0 Å². The van der Waals surface area contributed by atoms with E-state index in [4.69, 9.17) is 0 Å². The summed E-state index contributed by atoms with van der Waals surface area (Å²) in [5, 5.41) is 3.49. The third-order valence-electron chi connectivity index (χ3n) is 4.92. The molecule has 2 atom stereocenters. The van der Waals surface area contributed by atoms with E-state index in [0.717, 1.165) is 31.8 Å². The second-order valence-electron chi connectivity index (χ2n) is 5.98. The Morgan fingerprint density at radius 3 is 2.59 bits per heavy atom. The molecule has 0 radical (unpaired) electrons. The van der Waals surface area contributed by atoms with Crippen LogP contribution in [0.3, 0.4) is 0 Å². The van der Waals surface area contributed by atoms with Gasteiger partial charge in [-0.15, -0.1) is 0 Å². The minimum absolute atomic E-state index is 0.382. The largest absolute Gasteiger partial charge is 0.339 e. The van der Waals surface area contributed by atoms with Crippen LogP contribution >= 0.6 is 0 Å². The van der Waals surface area contributed by atoms with Crippen LogP contribution in [0.1, 0.15) is 44.9 Å². The molecule has 3 rings (SSSR count). The first kappa shape index (κ1) is 11.5. The molecule has 2 aliphatic heterocycles. The van der Waals surface area contributed by atoms with Crippen molar-refractivity contribution in [3.05, 3.63) is 0 Å². The molecule has 0 bridgehead atoms. The van der Waals surface area contributed by atoms with Crippen molar-refractivity contribution in [3.8, 4) is 0 Å². The summed E-state index contributed by atoms with van der Waals surface area (Å²) in [6, 6.07) is 0.552. The Morgan fingerprint density at radius 2 is 1.94 bits per heavy atom. The number of carbonyl (C=O) groups is 1. The molecule has 17 heavy (non-hydrogen) atoms. The zero-order valence-corrected chi connectivity index (χ0v) is 10.7. The predicted molar refractivity (Wildman–Crippen MR) is 67.7 cm³/mol. The number of amides is 1. The van der Waals surface area contributed by atoms with Gasteiger partial charge >= 0.3 is 0 Å². The highest BCUT2D eigenvalue weighted by atomic mass is 16.2. The van der Waals surface area contributed by atoms with Crippen LogP contribution in [-0.2, 0) is 4.79 Å². The van der Waals surface area contributed by atoms with E-state index in [1.165, 1.54) is 38.6 Å². The highest BCUT2D eigenvalue weighted by Crippen LogP contribution is 2.34. The maximum Gasteiger partial charge on any atom is 0.225 e. The maximum atomic E-state index is 12.4. The van der Waals surface area contributed by atoms with Gasteiger partial charge in [0.15, 0.2) is 0 Å². The van der Waals surface area contributed by atoms with Gasteiger partial charge < -0.3 is 10.2 Å². The molecular weight excluding hydrogens is 212 g/mol. The van der Waals surface area contributed by atoms with Crippen molar-refractivity contribution in [2.75, 3.05) is 19.6 Å². The molecule has 1 N–H and O–H groups in total. The molecule has 3 aliphatic rings. The van der Waals surface area contributed by atoms with Gasteiger partial charge in [0.25, 0.3) is 0 Å². The van der Waals surface area contributed by atoms with Crippen LogP contribution in [0.15, 0.2) is 0 Å². The lowest BCUT2D eigenvalue weighted by molar-refractivity contribution is -0.140. The van der Waals surface area contributed by atoms with Crippen LogP contribution in [0, 0.1) is 11.8 Å². The van der Waals surface area contributed by atoms with Gasteiger partial charge in [-0.05, 0) is 57.5 Å². The average Bonchev–Trinajstić information content (AvgIpc) is 2.76. The number of hydrogen-bond acceptors (Lipinski definition) is 2. The van der Waals surface area contributed by atoms with Crippen molar-refractivity contribution in [1.29, 1.82) is 0 Å². The first-order chi connectivity index (χ1) is 8.36. The van der Waals surface area contributed by atoms with E-state index < -0.39 is 0 Å². The Morgan fingerprint density at radius 1 is 1.06 bits per heavy atom. The van der Waals surface area contributed by atoms with E-state index in [0.29, 0.717) is 17.9 Å². The second kappa shape index (κ2) is 4.97. The zero-order valence-electron chi connectivity index (χ0n) is 10.7. The summed E-state index contributed by atoms with van der Waals surface area (Å²) in [4.78, 5) is 14.6. The number of rotatable bonds is 2. The summed E-state index contributed by atoms with van der Waals surface area (Å²) in [6.45, 7) is 3.31. The Balaban J connectivity index is 1.63. The van der Waals surface area contributed by atoms with Crippen LogP contribution in [0.4, 0.5) is 0 Å². The van der Waals surface area contributed by atoms with Gasteiger partial charge in [-0.2, -0.15) is 0 Å². The first-order valence-corrected chi connectivity index (χ1v) is 7.37. The van der Waals surface area contributed by atoms with Gasteiger partial charge in [-0.25, -0.2) is 0 Å². The molecule has 3 heteroatoms. The molecule has 96 valence electrons. The Hall–Kier alpha value is -0.570. The smallest absolute Gasteiger partial charge is 0.225 e. The van der Waals surface area contributed by atoms with E-state index in [2.05, 4.69) is 10.2 Å². The fourth-order valence-corrected chi connectivity index (χ4v) is 3.65. The van der Waals surface area contributed by atoms with Gasteiger partial charge in [0.1, 0.15) is 0 Å². The van der Waals surface area contributed by atoms with Gasteiger partial charge in [-0.3, -0.25) is 4.79 Å². The van der Waals surface area contributed by atoms with Crippen molar-refractivity contribution < 1.29 is 4.79 Å². The average molecular weight is 236 g/mol. The number of nitrogens with one attached hydrogen (secondary N) is 1. The number of hydrogen-bond donors (Lipinski definition) is 1. The molecule has 1 aliphatic carbocycles. The molecule has 0 aromatic carbocycles. The lowest BCUT2D eigenvalue weighted by atomic mass is 9.83. The summed E-state index contributed by atoms with van der Waals surface area (Å²) >= 11 is 0. The highest BCUT2D eigenvalue weighted by Gasteiger charge is 2.38. The molecule has 2 unspecified atom stereocenters. The molecule has 0 spiro atoms.